The average molecular weight is 647 g/mol. The first kappa shape index (κ1) is 31.3. The molecule has 1 heterocycles. The van der Waals surface area contributed by atoms with Crippen molar-refractivity contribution in [3.8, 4) is 11.5 Å². The van der Waals surface area contributed by atoms with E-state index < -0.39 is 17.9 Å². The van der Waals surface area contributed by atoms with Gasteiger partial charge in [-0.2, -0.15) is 0 Å². The van der Waals surface area contributed by atoms with Gasteiger partial charge in [-0.05, 0) is 152 Å². The van der Waals surface area contributed by atoms with E-state index in [-0.39, 0.29) is 27.9 Å². The predicted octanol–water partition coefficient (Wildman–Crippen LogP) is 9.28. The van der Waals surface area contributed by atoms with Gasteiger partial charge in [-0.3, -0.25) is 0 Å². The summed E-state index contributed by atoms with van der Waals surface area (Å²) in [4.78, 5) is 37.3. The third-order valence-electron chi connectivity index (χ3n) is 14.3. The van der Waals surface area contributed by atoms with E-state index in [2.05, 4.69) is 43.7 Å². The summed E-state index contributed by atoms with van der Waals surface area (Å²) in [6.45, 7) is 7.64. The van der Waals surface area contributed by atoms with Crippen molar-refractivity contribution in [2.75, 3.05) is 0 Å². The van der Waals surface area contributed by atoms with Gasteiger partial charge in [-0.15, -0.1) is 0 Å². The minimum absolute atomic E-state index is 0.0789. The van der Waals surface area contributed by atoms with Crippen LogP contribution in [-0.2, 0) is 10.2 Å². The normalized spacial score (nSPS) is 35.2. The second-order valence-electron chi connectivity index (χ2n) is 16.1. The molecule has 0 radical (unpaired) electrons. The van der Waals surface area contributed by atoms with Gasteiger partial charge in [0.2, 0.25) is 0 Å². The number of esters is 3. The number of carbonyl (C=O) groups is 3. The molecule has 8 unspecified atom stereocenters. The molecule has 3 aromatic rings. The van der Waals surface area contributed by atoms with E-state index in [1.807, 2.05) is 12.1 Å². The lowest BCUT2D eigenvalue weighted by atomic mass is 9.42. The van der Waals surface area contributed by atoms with E-state index in [9.17, 15) is 19.5 Å². The Bertz CT molecular complexity index is 1790. The summed E-state index contributed by atoms with van der Waals surface area (Å²) in [6, 6.07) is 19.9. The van der Waals surface area contributed by atoms with Crippen molar-refractivity contribution in [3.63, 3.8) is 0 Å². The van der Waals surface area contributed by atoms with Crippen molar-refractivity contribution < 1.29 is 29.0 Å². The Labute approximate surface area is 283 Å². The topological polar surface area (TPSA) is 89.9 Å². The molecule has 0 saturated heterocycles. The third-order valence-corrected chi connectivity index (χ3v) is 14.3. The summed E-state index contributed by atoms with van der Waals surface area (Å²) < 4.78 is 10.6. The third kappa shape index (κ3) is 4.69. The van der Waals surface area contributed by atoms with Crippen molar-refractivity contribution in [1.29, 1.82) is 0 Å². The van der Waals surface area contributed by atoms with Crippen LogP contribution in [0.3, 0.4) is 0 Å². The molecule has 0 bridgehead atoms. The number of phenolic OH excluding ortho intramolecular Hbond substituents is 1. The van der Waals surface area contributed by atoms with Gasteiger partial charge >= 0.3 is 17.9 Å². The molecule has 4 aliphatic carbocycles. The zero-order valence-electron chi connectivity index (χ0n) is 28.3. The Hall–Kier alpha value is -3.93. The van der Waals surface area contributed by atoms with Crippen LogP contribution in [0.2, 0.25) is 0 Å². The van der Waals surface area contributed by atoms with Gasteiger partial charge in [-0.25, -0.2) is 14.4 Å². The van der Waals surface area contributed by atoms with Crippen molar-refractivity contribution in [3.05, 3.63) is 94.5 Å². The Morgan fingerprint density at radius 1 is 0.812 bits per heavy atom. The largest absolute Gasteiger partial charge is 0.508 e. The maximum atomic E-state index is 13.3. The SMILES string of the molecule is CCC1CCC2C3CCC4CC(c5ccc(O)cc5)(c5cccc(OC(=O)c6ccc7c(c6)C(=O)OC7=O)c5)CCC4(C)C3CCC12C. The van der Waals surface area contributed by atoms with Gasteiger partial charge in [0.1, 0.15) is 11.5 Å². The lowest BCUT2D eigenvalue weighted by molar-refractivity contribution is -0.119. The second-order valence-corrected chi connectivity index (χ2v) is 16.1. The van der Waals surface area contributed by atoms with Crippen LogP contribution in [0.4, 0.5) is 0 Å². The molecule has 8 atom stereocenters. The number of cyclic esters (lactones) is 2. The molecule has 3 aromatic carbocycles. The summed E-state index contributed by atoms with van der Waals surface area (Å²) >= 11 is 0. The van der Waals surface area contributed by atoms with E-state index in [4.69, 9.17) is 4.74 Å². The van der Waals surface area contributed by atoms with E-state index >= 15 is 0 Å². The molecule has 48 heavy (non-hydrogen) atoms. The van der Waals surface area contributed by atoms with Crippen LogP contribution in [0.5, 0.6) is 11.5 Å². The average Bonchev–Trinajstić information content (AvgIpc) is 3.58. The molecule has 0 spiro atoms. The Morgan fingerprint density at radius 2 is 1.58 bits per heavy atom. The van der Waals surface area contributed by atoms with E-state index in [1.165, 1.54) is 68.7 Å². The number of hydrogen-bond donors (Lipinski definition) is 1. The number of ether oxygens (including phenoxy) is 2. The van der Waals surface area contributed by atoms with Crippen LogP contribution < -0.4 is 4.74 Å². The van der Waals surface area contributed by atoms with Crippen molar-refractivity contribution in [1.82, 2.24) is 0 Å². The molecule has 4 fully saturated rings. The molecule has 5 aliphatic rings. The summed E-state index contributed by atoms with van der Waals surface area (Å²) in [5.74, 6) is 2.57. The minimum atomic E-state index is -0.753. The highest BCUT2D eigenvalue weighted by Crippen LogP contribution is 2.69. The van der Waals surface area contributed by atoms with Crippen LogP contribution in [0.1, 0.15) is 127 Å². The Kier molecular flexibility index (Phi) is 7.39. The van der Waals surface area contributed by atoms with E-state index in [0.29, 0.717) is 22.5 Å². The van der Waals surface area contributed by atoms with Gasteiger partial charge < -0.3 is 14.6 Å². The number of benzene rings is 3. The highest BCUT2D eigenvalue weighted by Gasteiger charge is 2.61. The highest BCUT2D eigenvalue weighted by atomic mass is 16.6. The van der Waals surface area contributed by atoms with Gasteiger partial charge in [-0.1, -0.05) is 51.5 Å². The molecule has 0 amide bonds. The number of phenols is 1. The molecule has 6 heteroatoms. The Morgan fingerprint density at radius 3 is 2.38 bits per heavy atom. The van der Waals surface area contributed by atoms with Gasteiger partial charge in [0.15, 0.2) is 0 Å². The first-order chi connectivity index (χ1) is 23.1. The molecule has 6 nitrogen and oxygen atoms in total. The van der Waals surface area contributed by atoms with Crippen LogP contribution in [-0.4, -0.2) is 23.0 Å². The van der Waals surface area contributed by atoms with Crippen LogP contribution in [0.25, 0.3) is 0 Å². The Balaban J connectivity index is 1.09. The molecule has 4 saturated carbocycles. The molecule has 0 aromatic heterocycles. The number of hydrogen-bond acceptors (Lipinski definition) is 6. The summed E-state index contributed by atoms with van der Waals surface area (Å²) in [5.41, 5.74) is 3.25. The van der Waals surface area contributed by atoms with Gasteiger partial charge in [0.25, 0.3) is 0 Å². The molecule has 1 aliphatic heterocycles. The second kappa shape index (κ2) is 11.3. The molecule has 8 rings (SSSR count). The summed E-state index contributed by atoms with van der Waals surface area (Å²) in [5, 5.41) is 10.2. The molecular weight excluding hydrogens is 600 g/mol. The van der Waals surface area contributed by atoms with Crippen LogP contribution in [0.15, 0.2) is 66.7 Å². The molecule has 1 N–H and O–H groups in total. The first-order valence-corrected chi connectivity index (χ1v) is 18.1. The minimum Gasteiger partial charge on any atom is -0.508 e. The monoisotopic (exact) mass is 646 g/mol. The van der Waals surface area contributed by atoms with Crippen LogP contribution >= 0.6 is 0 Å². The molecule has 250 valence electrons. The fraction of sp³-hybridized carbons (Fsp3) is 0.500. The van der Waals surface area contributed by atoms with Crippen LogP contribution in [0, 0.1) is 40.4 Å². The van der Waals surface area contributed by atoms with Crippen molar-refractivity contribution in [2.45, 2.75) is 90.4 Å². The number of rotatable bonds is 5. The van der Waals surface area contributed by atoms with E-state index in [0.717, 1.165) is 48.5 Å². The zero-order valence-corrected chi connectivity index (χ0v) is 28.3. The standard InChI is InChI=1S/C42H46O6/c1-4-26-12-17-35-33-16-11-29-24-42(27-9-13-30(43)14-10-27,21-20-41(29,3)36(33)18-19-40(26,35)2)28-6-5-7-31(23-28)47-37(44)25-8-15-32-34(22-25)39(46)48-38(32)45/h5-10,13-15,22-23,26,29,33,35-36,43H,4,11-12,16-21,24H2,1-3H3. The quantitative estimate of drug-likeness (QED) is 0.169. The van der Waals surface area contributed by atoms with Crippen molar-refractivity contribution in [2.24, 2.45) is 40.4 Å². The zero-order chi connectivity index (χ0) is 33.4. The smallest absolute Gasteiger partial charge is 0.346 e. The number of fused-ring (bicyclic) bond motifs is 6. The fourth-order valence-electron chi connectivity index (χ4n) is 11.8. The summed E-state index contributed by atoms with van der Waals surface area (Å²) in [7, 11) is 0. The van der Waals surface area contributed by atoms with Crippen molar-refractivity contribution >= 4 is 17.9 Å². The van der Waals surface area contributed by atoms with E-state index in [1.54, 1.807) is 18.2 Å². The molecular formula is C42H46O6. The maximum Gasteiger partial charge on any atom is 0.346 e. The number of carbonyl (C=O) groups excluding carboxylic acids is 3. The number of aromatic hydroxyl groups is 1. The lowest BCUT2D eigenvalue weighted by Crippen LogP contribution is -2.55. The fourth-order valence-corrected chi connectivity index (χ4v) is 11.8. The predicted molar refractivity (Wildman–Crippen MR) is 182 cm³/mol. The first-order valence-electron chi connectivity index (χ1n) is 18.1. The highest BCUT2D eigenvalue weighted by molar-refractivity contribution is 6.15. The summed E-state index contributed by atoms with van der Waals surface area (Å²) in [6.07, 6.45) is 12.6. The van der Waals surface area contributed by atoms with Gasteiger partial charge in [0, 0.05) is 5.41 Å². The maximum absolute atomic E-state index is 13.3. The van der Waals surface area contributed by atoms with Gasteiger partial charge in [0.05, 0.1) is 16.7 Å². The lowest BCUT2D eigenvalue weighted by Gasteiger charge is -2.63.